The van der Waals surface area contributed by atoms with Gasteiger partial charge in [-0.2, -0.15) is 5.10 Å². The summed E-state index contributed by atoms with van der Waals surface area (Å²) in [6, 6.07) is 17.9. The summed E-state index contributed by atoms with van der Waals surface area (Å²) >= 11 is 5.68. The van der Waals surface area contributed by atoms with Crippen molar-refractivity contribution in [3.63, 3.8) is 0 Å². The van der Waals surface area contributed by atoms with Gasteiger partial charge in [-0.15, -0.1) is 11.6 Å². The van der Waals surface area contributed by atoms with Crippen LogP contribution in [0.1, 0.15) is 17.5 Å². The van der Waals surface area contributed by atoms with Crippen LogP contribution in [0.4, 0.5) is 5.82 Å². The minimum Gasteiger partial charge on any atom is -0.311 e. The van der Waals surface area contributed by atoms with Crippen LogP contribution in [0.15, 0.2) is 54.6 Å². The number of carbonyl (C=O) groups excluding carboxylic acids is 1. The molecule has 0 spiro atoms. The lowest BCUT2D eigenvalue weighted by Crippen LogP contribution is -2.15. The van der Waals surface area contributed by atoms with E-state index in [9.17, 15) is 4.79 Å². The Morgan fingerprint density at radius 1 is 1.12 bits per heavy atom. The number of amides is 1. The van der Waals surface area contributed by atoms with Crippen molar-refractivity contribution in [3.8, 4) is 16.9 Å². The quantitative estimate of drug-likeness (QED) is 0.674. The van der Waals surface area contributed by atoms with Gasteiger partial charge in [0.15, 0.2) is 0 Å². The van der Waals surface area contributed by atoms with Gasteiger partial charge in [0, 0.05) is 23.9 Å². The molecule has 0 radical (unpaired) electrons. The van der Waals surface area contributed by atoms with Crippen molar-refractivity contribution < 1.29 is 4.79 Å². The van der Waals surface area contributed by atoms with Crippen LogP contribution in [0, 0.1) is 13.8 Å². The van der Waals surface area contributed by atoms with Gasteiger partial charge < -0.3 is 5.32 Å². The fourth-order valence-corrected chi connectivity index (χ4v) is 2.91. The number of aromatic nitrogens is 2. The van der Waals surface area contributed by atoms with Gasteiger partial charge in [-0.3, -0.25) is 4.79 Å². The van der Waals surface area contributed by atoms with Crippen molar-refractivity contribution in [2.45, 2.75) is 20.3 Å². The Bertz CT molecular complexity index is 887. The predicted molar refractivity (Wildman–Crippen MR) is 102 cm³/mol. The molecule has 0 unspecified atom stereocenters. The van der Waals surface area contributed by atoms with Gasteiger partial charge in [-0.05, 0) is 25.5 Å². The Balaban J connectivity index is 2.08. The molecule has 5 heteroatoms. The van der Waals surface area contributed by atoms with Crippen LogP contribution in [-0.2, 0) is 4.79 Å². The van der Waals surface area contributed by atoms with E-state index in [0.29, 0.717) is 5.82 Å². The molecule has 2 aromatic carbocycles. The summed E-state index contributed by atoms with van der Waals surface area (Å²) in [5, 5.41) is 7.64. The molecule has 0 atom stereocenters. The summed E-state index contributed by atoms with van der Waals surface area (Å²) in [4.78, 5) is 12.0. The molecule has 3 aromatic rings. The van der Waals surface area contributed by atoms with Gasteiger partial charge in [-0.1, -0.05) is 48.0 Å². The van der Waals surface area contributed by atoms with Crippen LogP contribution in [0.2, 0.25) is 0 Å². The average Bonchev–Trinajstić information content (AvgIpc) is 2.99. The zero-order valence-corrected chi connectivity index (χ0v) is 15.0. The summed E-state index contributed by atoms with van der Waals surface area (Å²) in [6.07, 6.45) is 0.264. The van der Waals surface area contributed by atoms with Crippen LogP contribution in [0.3, 0.4) is 0 Å². The van der Waals surface area contributed by atoms with E-state index in [2.05, 4.69) is 18.3 Å². The summed E-state index contributed by atoms with van der Waals surface area (Å²) in [5.74, 6) is 0.802. The van der Waals surface area contributed by atoms with E-state index in [0.717, 1.165) is 22.5 Å². The molecular formula is C20H20ClN3O. The van der Waals surface area contributed by atoms with Crippen LogP contribution >= 0.6 is 11.6 Å². The normalized spacial score (nSPS) is 10.7. The molecule has 1 aromatic heterocycles. The maximum atomic E-state index is 12.0. The first kappa shape index (κ1) is 17.2. The molecule has 0 bridgehead atoms. The third-order valence-corrected chi connectivity index (χ3v) is 4.14. The lowest BCUT2D eigenvalue weighted by Gasteiger charge is -2.11. The Hall–Kier alpha value is -2.59. The monoisotopic (exact) mass is 353 g/mol. The third kappa shape index (κ3) is 3.91. The second-order valence-electron chi connectivity index (χ2n) is 5.97. The van der Waals surface area contributed by atoms with E-state index in [4.69, 9.17) is 16.7 Å². The minimum absolute atomic E-state index is 0.125. The zero-order chi connectivity index (χ0) is 17.8. The number of nitrogens with zero attached hydrogens (tertiary/aromatic N) is 2. The van der Waals surface area contributed by atoms with Crippen molar-refractivity contribution in [1.82, 2.24) is 9.78 Å². The Labute approximate surface area is 152 Å². The van der Waals surface area contributed by atoms with Crippen molar-refractivity contribution in [2.75, 3.05) is 11.2 Å². The molecule has 0 aliphatic carbocycles. The standard InChI is InChI=1S/C20H20ClN3O/c1-14-8-9-18(15(2)12-14)24-19(22-20(25)10-11-21)13-17(23-24)16-6-4-3-5-7-16/h3-9,12-13H,10-11H2,1-2H3,(H,22,25). The van der Waals surface area contributed by atoms with Gasteiger partial charge >= 0.3 is 0 Å². The zero-order valence-electron chi connectivity index (χ0n) is 14.3. The predicted octanol–water partition coefficient (Wildman–Crippen LogP) is 4.72. The minimum atomic E-state index is -0.125. The third-order valence-electron chi connectivity index (χ3n) is 3.95. The molecule has 0 fully saturated rings. The molecule has 128 valence electrons. The molecular weight excluding hydrogens is 334 g/mol. The largest absolute Gasteiger partial charge is 0.311 e. The average molecular weight is 354 g/mol. The van der Waals surface area contributed by atoms with E-state index in [1.165, 1.54) is 5.56 Å². The number of rotatable bonds is 5. The van der Waals surface area contributed by atoms with Gasteiger partial charge in [-0.25, -0.2) is 4.68 Å². The van der Waals surface area contributed by atoms with Gasteiger partial charge in [0.25, 0.3) is 0 Å². The Morgan fingerprint density at radius 3 is 2.56 bits per heavy atom. The van der Waals surface area contributed by atoms with E-state index in [1.807, 2.05) is 55.5 Å². The SMILES string of the molecule is Cc1ccc(-n2nc(-c3ccccc3)cc2NC(=O)CCCl)c(C)c1. The Morgan fingerprint density at radius 2 is 1.88 bits per heavy atom. The van der Waals surface area contributed by atoms with Gasteiger partial charge in [0.05, 0.1) is 11.4 Å². The van der Waals surface area contributed by atoms with Crippen molar-refractivity contribution >= 4 is 23.3 Å². The Kier molecular flexibility index (Phi) is 5.19. The number of halogens is 1. The second kappa shape index (κ2) is 7.53. The molecule has 0 aliphatic heterocycles. The molecule has 1 N–H and O–H groups in total. The fraction of sp³-hybridized carbons (Fsp3) is 0.200. The highest BCUT2D eigenvalue weighted by atomic mass is 35.5. The number of hydrogen-bond donors (Lipinski definition) is 1. The van der Waals surface area contributed by atoms with E-state index in [-0.39, 0.29) is 18.2 Å². The van der Waals surface area contributed by atoms with Crippen LogP contribution in [0.5, 0.6) is 0 Å². The number of anilines is 1. The molecule has 3 rings (SSSR count). The number of benzene rings is 2. The van der Waals surface area contributed by atoms with Crippen LogP contribution in [0.25, 0.3) is 16.9 Å². The maximum Gasteiger partial charge on any atom is 0.226 e. The smallest absolute Gasteiger partial charge is 0.226 e. The van der Waals surface area contributed by atoms with Gasteiger partial charge in [0.1, 0.15) is 5.82 Å². The molecule has 0 saturated carbocycles. The van der Waals surface area contributed by atoms with E-state index < -0.39 is 0 Å². The molecule has 25 heavy (non-hydrogen) atoms. The topological polar surface area (TPSA) is 46.9 Å². The number of aryl methyl sites for hydroxylation is 2. The summed E-state index contributed by atoms with van der Waals surface area (Å²) in [7, 11) is 0. The molecule has 1 amide bonds. The number of alkyl halides is 1. The number of nitrogens with one attached hydrogen (secondary N) is 1. The first-order valence-corrected chi connectivity index (χ1v) is 8.71. The number of hydrogen-bond acceptors (Lipinski definition) is 2. The number of carbonyl (C=O) groups is 1. The first-order valence-electron chi connectivity index (χ1n) is 8.17. The molecule has 4 nitrogen and oxygen atoms in total. The van der Waals surface area contributed by atoms with Gasteiger partial charge in [0.2, 0.25) is 5.91 Å². The second-order valence-corrected chi connectivity index (χ2v) is 6.35. The van der Waals surface area contributed by atoms with Crippen LogP contribution in [-0.4, -0.2) is 21.6 Å². The van der Waals surface area contributed by atoms with Crippen molar-refractivity contribution in [2.24, 2.45) is 0 Å². The van der Waals surface area contributed by atoms with Crippen molar-refractivity contribution in [3.05, 3.63) is 65.7 Å². The summed E-state index contributed by atoms with van der Waals surface area (Å²) in [6.45, 7) is 4.09. The molecule has 0 saturated heterocycles. The highest BCUT2D eigenvalue weighted by molar-refractivity contribution is 6.19. The van der Waals surface area contributed by atoms with E-state index in [1.54, 1.807) is 4.68 Å². The lowest BCUT2D eigenvalue weighted by molar-refractivity contribution is -0.115. The highest BCUT2D eigenvalue weighted by Crippen LogP contribution is 2.26. The summed E-state index contributed by atoms with van der Waals surface area (Å²) in [5.41, 5.74) is 5.02. The van der Waals surface area contributed by atoms with E-state index >= 15 is 0 Å². The lowest BCUT2D eigenvalue weighted by atomic mass is 10.1. The molecule has 1 heterocycles. The maximum absolute atomic E-state index is 12.0. The molecule has 0 aliphatic rings. The first-order chi connectivity index (χ1) is 12.1. The summed E-state index contributed by atoms with van der Waals surface area (Å²) < 4.78 is 1.78. The van der Waals surface area contributed by atoms with Crippen molar-refractivity contribution in [1.29, 1.82) is 0 Å². The van der Waals surface area contributed by atoms with Crippen LogP contribution < -0.4 is 5.32 Å². The highest BCUT2D eigenvalue weighted by Gasteiger charge is 2.15. The fourth-order valence-electron chi connectivity index (χ4n) is 2.74.